The minimum absolute atomic E-state index is 0.0373. The molecule has 3 N–H and O–H groups in total. The summed E-state index contributed by atoms with van der Waals surface area (Å²) in [5.74, 6) is -1.15. The van der Waals surface area contributed by atoms with Gasteiger partial charge in [0, 0.05) is 26.3 Å². The maximum absolute atomic E-state index is 12.4. The van der Waals surface area contributed by atoms with Gasteiger partial charge in [-0.15, -0.1) is 0 Å². The van der Waals surface area contributed by atoms with Gasteiger partial charge in [0.1, 0.15) is 11.9 Å². The van der Waals surface area contributed by atoms with Crippen molar-refractivity contribution in [3.63, 3.8) is 0 Å². The first-order valence-electron chi connectivity index (χ1n) is 8.12. The molecule has 2 aromatic rings. The first-order chi connectivity index (χ1) is 12.7. The van der Waals surface area contributed by atoms with Gasteiger partial charge in [0.2, 0.25) is 0 Å². The van der Waals surface area contributed by atoms with Crippen molar-refractivity contribution in [2.24, 2.45) is 5.41 Å². The number of aromatic hydroxyl groups is 1. The summed E-state index contributed by atoms with van der Waals surface area (Å²) in [6.07, 6.45) is 0.818. The Morgan fingerprint density at radius 3 is 2.48 bits per heavy atom. The average Bonchev–Trinajstić information content (AvgIpc) is 2.61. The van der Waals surface area contributed by atoms with Crippen LogP contribution in [0.1, 0.15) is 25.5 Å². The first-order valence-corrected chi connectivity index (χ1v) is 9.20. The van der Waals surface area contributed by atoms with E-state index in [4.69, 9.17) is 9.84 Å². The number of phenols is 1. The molecule has 6 nitrogen and oxygen atoms in total. The number of carboxylic acid groups (broad SMARTS) is 1. The highest BCUT2D eigenvalue weighted by Gasteiger charge is 2.34. The Labute approximate surface area is 171 Å². The van der Waals surface area contributed by atoms with Crippen LogP contribution in [0.15, 0.2) is 60.7 Å². The van der Waals surface area contributed by atoms with Gasteiger partial charge in [-0.3, -0.25) is 5.32 Å². The van der Waals surface area contributed by atoms with Gasteiger partial charge >= 0.3 is 12.1 Å². The zero-order valence-corrected chi connectivity index (χ0v) is 17.0. The van der Waals surface area contributed by atoms with Gasteiger partial charge in [0.05, 0.1) is 0 Å². The molecule has 0 aliphatic carbocycles. The number of phenolic OH excluding ortho intramolecular Hbond substituents is 1. The Balaban J connectivity index is 2.35. The number of carbonyl (C=O) groups excluding carboxylic acids is 1. The zero-order chi connectivity index (χ0) is 20.0. The van der Waals surface area contributed by atoms with E-state index in [1.165, 1.54) is 12.1 Å². The molecule has 1 atom stereocenters. The van der Waals surface area contributed by atoms with Crippen LogP contribution in [-0.2, 0) is 9.53 Å². The third kappa shape index (κ3) is 5.99. The Morgan fingerprint density at radius 2 is 1.85 bits per heavy atom. The van der Waals surface area contributed by atoms with E-state index >= 15 is 0 Å². The number of hydrogen-bond acceptors (Lipinski definition) is 4. The lowest BCUT2D eigenvalue weighted by atomic mass is 9.81. The molecule has 142 valence electrons. The highest BCUT2D eigenvalue weighted by molar-refractivity contribution is 14.1. The van der Waals surface area contributed by atoms with Crippen LogP contribution in [0.25, 0.3) is 0 Å². The van der Waals surface area contributed by atoms with Gasteiger partial charge in [-0.1, -0.05) is 38.1 Å². The topological polar surface area (TPSA) is 95.9 Å². The van der Waals surface area contributed by atoms with Crippen LogP contribution >= 0.6 is 22.6 Å². The van der Waals surface area contributed by atoms with Crippen LogP contribution < -0.4 is 5.32 Å². The zero-order valence-electron chi connectivity index (χ0n) is 14.8. The lowest BCUT2D eigenvalue weighted by molar-refractivity contribution is -0.131. The summed E-state index contributed by atoms with van der Waals surface area (Å²) in [6, 6.07) is 13.7. The van der Waals surface area contributed by atoms with Crippen LogP contribution in [0.2, 0.25) is 0 Å². The molecular formula is C20H20INO5. The van der Waals surface area contributed by atoms with Crippen LogP contribution in [0.5, 0.6) is 5.75 Å². The van der Waals surface area contributed by atoms with Gasteiger partial charge in [0.15, 0.2) is 0 Å². The maximum Gasteiger partial charge on any atom is 0.412 e. The lowest BCUT2D eigenvalue weighted by Crippen LogP contribution is -2.28. The molecule has 0 saturated carbocycles. The largest absolute Gasteiger partial charge is 0.508 e. The average molecular weight is 481 g/mol. The lowest BCUT2D eigenvalue weighted by Gasteiger charge is -2.32. The predicted molar refractivity (Wildman–Crippen MR) is 111 cm³/mol. The number of para-hydroxylation sites is 1. The monoisotopic (exact) mass is 481 g/mol. The minimum atomic E-state index is -1.11. The Bertz CT molecular complexity index is 849. The third-order valence-electron chi connectivity index (χ3n) is 3.85. The fourth-order valence-corrected chi connectivity index (χ4v) is 3.02. The quantitative estimate of drug-likeness (QED) is 0.401. The van der Waals surface area contributed by atoms with E-state index in [0.29, 0.717) is 11.3 Å². The molecule has 0 heterocycles. The van der Waals surface area contributed by atoms with Gasteiger partial charge in [-0.2, -0.15) is 0 Å². The molecule has 0 spiro atoms. The standard InChI is InChI=1S/C20H20INO5/c1-20(2,11-10-17(24)25)18(15-12-13(21)8-9-16(15)23)27-19(26)22-14-6-4-3-5-7-14/h3-12,18,23H,1-2H3,(H,22,26)(H,24,25)/b11-10+/t18-/m1/s1. The normalized spacial score (nSPS) is 12.6. The molecule has 0 saturated heterocycles. The van der Waals surface area contributed by atoms with E-state index < -0.39 is 23.6 Å². The van der Waals surface area contributed by atoms with Crippen molar-refractivity contribution in [1.82, 2.24) is 0 Å². The van der Waals surface area contributed by atoms with Crippen molar-refractivity contribution >= 4 is 40.3 Å². The summed E-state index contributed by atoms with van der Waals surface area (Å²) in [5.41, 5.74) is 0.0612. The van der Waals surface area contributed by atoms with Crippen molar-refractivity contribution in [3.05, 3.63) is 69.8 Å². The molecule has 0 radical (unpaired) electrons. The van der Waals surface area contributed by atoms with Crippen molar-refractivity contribution in [3.8, 4) is 5.75 Å². The van der Waals surface area contributed by atoms with Crippen LogP contribution in [0.3, 0.4) is 0 Å². The molecule has 2 rings (SSSR count). The summed E-state index contributed by atoms with van der Waals surface area (Å²) in [5, 5.41) is 21.9. The molecule has 0 aliphatic rings. The number of rotatable bonds is 6. The van der Waals surface area contributed by atoms with Crippen LogP contribution in [0, 0.1) is 8.99 Å². The second-order valence-electron chi connectivity index (χ2n) is 6.47. The van der Waals surface area contributed by atoms with Gasteiger partial charge < -0.3 is 14.9 Å². The molecule has 1 amide bonds. The molecule has 7 heteroatoms. The third-order valence-corrected chi connectivity index (χ3v) is 4.52. The Morgan fingerprint density at radius 1 is 1.19 bits per heavy atom. The Hall–Kier alpha value is -2.55. The number of anilines is 1. The smallest absolute Gasteiger partial charge is 0.412 e. The van der Waals surface area contributed by atoms with Crippen LogP contribution in [0.4, 0.5) is 10.5 Å². The van der Waals surface area contributed by atoms with E-state index in [1.807, 2.05) is 6.07 Å². The van der Waals surface area contributed by atoms with Gasteiger partial charge in [0.25, 0.3) is 0 Å². The second-order valence-corrected chi connectivity index (χ2v) is 7.72. The summed E-state index contributed by atoms with van der Waals surface area (Å²) in [4.78, 5) is 23.4. The second kappa shape index (κ2) is 8.90. The van der Waals surface area contributed by atoms with E-state index in [-0.39, 0.29) is 5.75 Å². The van der Waals surface area contributed by atoms with Crippen LogP contribution in [-0.4, -0.2) is 22.3 Å². The number of carboxylic acids is 1. The molecule has 0 bridgehead atoms. The number of halogens is 1. The van der Waals surface area contributed by atoms with Crippen molar-refractivity contribution < 1.29 is 24.5 Å². The summed E-state index contributed by atoms with van der Waals surface area (Å²) < 4.78 is 6.46. The number of hydrogen-bond donors (Lipinski definition) is 3. The van der Waals surface area contributed by atoms with E-state index in [2.05, 4.69) is 27.9 Å². The number of nitrogens with one attached hydrogen (secondary N) is 1. The minimum Gasteiger partial charge on any atom is -0.508 e. The molecule has 27 heavy (non-hydrogen) atoms. The number of carbonyl (C=O) groups is 2. The maximum atomic E-state index is 12.4. The molecule has 0 aromatic heterocycles. The predicted octanol–water partition coefficient (Wildman–Crippen LogP) is 4.95. The number of amides is 1. The summed E-state index contributed by atoms with van der Waals surface area (Å²) in [7, 11) is 0. The van der Waals surface area contributed by atoms with Crippen molar-refractivity contribution in [1.29, 1.82) is 0 Å². The molecular weight excluding hydrogens is 461 g/mol. The highest BCUT2D eigenvalue weighted by atomic mass is 127. The SMILES string of the molecule is CC(C)(/C=C/C(=O)O)[C@H](OC(=O)Nc1ccccc1)c1cc(I)ccc1O. The molecule has 0 aliphatic heterocycles. The van der Waals surface area contributed by atoms with E-state index in [9.17, 15) is 14.7 Å². The Kier molecular flexibility index (Phi) is 6.84. The fraction of sp³-hybridized carbons (Fsp3) is 0.200. The highest BCUT2D eigenvalue weighted by Crippen LogP contribution is 2.42. The van der Waals surface area contributed by atoms with E-state index in [1.54, 1.807) is 50.2 Å². The number of benzene rings is 2. The van der Waals surface area contributed by atoms with Gasteiger partial charge in [-0.25, -0.2) is 9.59 Å². The van der Waals surface area contributed by atoms with E-state index in [0.717, 1.165) is 9.65 Å². The fourth-order valence-electron chi connectivity index (χ4n) is 2.50. The molecule has 0 unspecified atom stereocenters. The summed E-state index contributed by atoms with van der Waals surface area (Å²) in [6.45, 7) is 3.46. The summed E-state index contributed by atoms with van der Waals surface area (Å²) >= 11 is 2.09. The van der Waals surface area contributed by atoms with Crippen molar-refractivity contribution in [2.45, 2.75) is 20.0 Å². The number of aliphatic carboxylic acids is 1. The molecule has 0 fully saturated rings. The first kappa shape index (κ1) is 20.8. The van der Waals surface area contributed by atoms with Crippen molar-refractivity contribution in [2.75, 3.05) is 5.32 Å². The van der Waals surface area contributed by atoms with Gasteiger partial charge in [-0.05, 0) is 52.9 Å². The molecule has 2 aromatic carbocycles. The number of ether oxygens (including phenoxy) is 1.